The van der Waals surface area contributed by atoms with Crippen LogP contribution in [-0.2, 0) is 20.0 Å². The molecule has 5 heteroatoms. The van der Waals surface area contributed by atoms with E-state index in [1.54, 1.807) is 13.0 Å². The molecule has 0 aliphatic carbocycles. The number of nitrogens with one attached hydrogen (secondary N) is 1. The van der Waals surface area contributed by atoms with E-state index in [0.29, 0.717) is 5.56 Å². The third-order valence-corrected chi connectivity index (χ3v) is 5.89. The van der Waals surface area contributed by atoms with Crippen molar-refractivity contribution in [3.63, 3.8) is 0 Å². The third kappa shape index (κ3) is 4.80. The molecule has 1 amide bonds. The van der Waals surface area contributed by atoms with Crippen LogP contribution in [0.2, 0.25) is 0 Å². The summed E-state index contributed by atoms with van der Waals surface area (Å²) in [4.78, 5) is 12.5. The highest BCUT2D eigenvalue weighted by atomic mass is 32.2. The molecule has 1 aromatic carbocycles. The Balaban J connectivity index is 3.31. The molecule has 1 rings (SSSR count). The molecular formula is C18H29NO3S. The summed E-state index contributed by atoms with van der Waals surface area (Å²) in [5.74, 6) is -0.474. The summed E-state index contributed by atoms with van der Waals surface area (Å²) in [6.07, 6.45) is 0. The molecule has 0 saturated carbocycles. The molecule has 0 aliphatic rings. The first-order valence-electron chi connectivity index (χ1n) is 7.83. The number of amides is 1. The maximum absolute atomic E-state index is 12.9. The summed E-state index contributed by atoms with van der Waals surface area (Å²) < 4.78 is 25.8. The van der Waals surface area contributed by atoms with Crippen molar-refractivity contribution in [1.29, 1.82) is 0 Å². The van der Waals surface area contributed by atoms with Crippen molar-refractivity contribution in [3.05, 3.63) is 29.3 Å². The lowest BCUT2D eigenvalue weighted by Crippen LogP contribution is -2.47. The Hall–Kier alpha value is -1.36. The Morgan fingerprint density at radius 3 is 2.04 bits per heavy atom. The lowest BCUT2D eigenvalue weighted by molar-refractivity contribution is -0.121. The number of rotatable bonds is 3. The van der Waals surface area contributed by atoms with Crippen LogP contribution in [0.1, 0.15) is 59.6 Å². The van der Waals surface area contributed by atoms with Crippen molar-refractivity contribution in [1.82, 2.24) is 5.32 Å². The minimum atomic E-state index is -3.74. The van der Waals surface area contributed by atoms with E-state index in [1.807, 2.05) is 53.7 Å². The molecule has 23 heavy (non-hydrogen) atoms. The predicted molar refractivity (Wildman–Crippen MR) is 94.4 cm³/mol. The third-order valence-electron chi connectivity index (χ3n) is 3.69. The van der Waals surface area contributed by atoms with Gasteiger partial charge in [-0.3, -0.25) is 4.79 Å². The van der Waals surface area contributed by atoms with Gasteiger partial charge in [0.15, 0.2) is 9.84 Å². The zero-order valence-electron chi connectivity index (χ0n) is 15.4. The van der Waals surface area contributed by atoms with Crippen molar-refractivity contribution < 1.29 is 13.2 Å². The van der Waals surface area contributed by atoms with E-state index in [9.17, 15) is 13.2 Å². The van der Waals surface area contributed by atoms with Gasteiger partial charge in [-0.2, -0.15) is 0 Å². The molecule has 0 unspecified atom stereocenters. The van der Waals surface area contributed by atoms with Crippen molar-refractivity contribution in [2.45, 2.75) is 76.5 Å². The molecule has 0 heterocycles. The first-order valence-corrected chi connectivity index (χ1v) is 9.38. The summed E-state index contributed by atoms with van der Waals surface area (Å²) in [6.45, 7) is 14.8. The molecule has 0 saturated heterocycles. The van der Waals surface area contributed by atoms with Crippen LogP contribution < -0.4 is 5.32 Å². The molecule has 1 N–H and O–H groups in total. The number of carbonyl (C=O) groups is 1. The van der Waals surface area contributed by atoms with Gasteiger partial charge in [0.1, 0.15) is 5.25 Å². The fourth-order valence-electron chi connectivity index (χ4n) is 2.18. The Labute approximate surface area is 140 Å². The van der Waals surface area contributed by atoms with Gasteiger partial charge in [0.2, 0.25) is 5.91 Å². The second kappa shape index (κ2) is 6.27. The molecular weight excluding hydrogens is 310 g/mol. The Bertz CT molecular complexity index is 692. The lowest BCUT2D eigenvalue weighted by Gasteiger charge is -2.24. The van der Waals surface area contributed by atoms with Gasteiger partial charge in [-0.15, -0.1) is 0 Å². The molecule has 1 aromatic rings. The quantitative estimate of drug-likeness (QED) is 0.918. The van der Waals surface area contributed by atoms with E-state index in [1.165, 1.54) is 6.92 Å². The zero-order valence-corrected chi connectivity index (χ0v) is 16.3. The smallest absolute Gasteiger partial charge is 0.238 e. The Morgan fingerprint density at radius 1 is 1.09 bits per heavy atom. The SMILES string of the molecule is Cc1ccc(C(C)(C)C)cc1S(=O)(=O)[C@H](C)C(=O)NC(C)(C)C. The topological polar surface area (TPSA) is 63.2 Å². The fraction of sp³-hybridized carbons (Fsp3) is 0.611. The standard InChI is InChI=1S/C18H29NO3S/c1-12-9-10-14(17(3,4)5)11-15(12)23(21,22)13(2)16(20)19-18(6,7)8/h9-11,13H,1-8H3,(H,19,20)/t13-/m1/s1. The normalized spacial score (nSPS) is 14.4. The number of benzene rings is 1. The number of hydrogen-bond donors (Lipinski definition) is 1. The zero-order chi connectivity index (χ0) is 18.2. The highest BCUT2D eigenvalue weighted by molar-refractivity contribution is 7.92. The first kappa shape index (κ1) is 19.7. The largest absolute Gasteiger partial charge is 0.350 e. The minimum Gasteiger partial charge on any atom is -0.350 e. The molecule has 0 spiro atoms. The van der Waals surface area contributed by atoms with Crippen molar-refractivity contribution >= 4 is 15.7 Å². The van der Waals surface area contributed by atoms with Crippen LogP contribution in [-0.4, -0.2) is 25.1 Å². The van der Waals surface area contributed by atoms with Crippen molar-refractivity contribution in [3.8, 4) is 0 Å². The van der Waals surface area contributed by atoms with Crippen molar-refractivity contribution in [2.75, 3.05) is 0 Å². The maximum atomic E-state index is 12.9. The average Bonchev–Trinajstić information content (AvgIpc) is 2.34. The van der Waals surface area contributed by atoms with Gasteiger partial charge in [0, 0.05) is 5.54 Å². The van der Waals surface area contributed by atoms with Crippen LogP contribution in [0.25, 0.3) is 0 Å². The van der Waals surface area contributed by atoms with Gasteiger partial charge in [-0.1, -0.05) is 32.9 Å². The van der Waals surface area contributed by atoms with Crippen LogP contribution in [0.15, 0.2) is 23.1 Å². The first-order chi connectivity index (χ1) is 10.2. The van der Waals surface area contributed by atoms with E-state index < -0.39 is 26.5 Å². The number of hydrogen-bond acceptors (Lipinski definition) is 3. The molecule has 0 fully saturated rings. The monoisotopic (exact) mass is 339 g/mol. The predicted octanol–water partition coefficient (Wildman–Crippen LogP) is 3.37. The number of aryl methyl sites for hydroxylation is 1. The number of carbonyl (C=O) groups excluding carboxylic acids is 1. The summed E-state index contributed by atoms with van der Waals surface area (Å²) >= 11 is 0. The average molecular weight is 340 g/mol. The van der Waals surface area contributed by atoms with Crippen molar-refractivity contribution in [2.24, 2.45) is 0 Å². The molecule has 1 atom stereocenters. The molecule has 0 radical (unpaired) electrons. The van der Waals surface area contributed by atoms with Gasteiger partial charge < -0.3 is 5.32 Å². The van der Waals surface area contributed by atoms with Gasteiger partial charge in [0.05, 0.1) is 4.90 Å². The lowest BCUT2D eigenvalue weighted by atomic mass is 9.87. The number of sulfone groups is 1. The van der Waals surface area contributed by atoms with Crippen LogP contribution in [0.4, 0.5) is 0 Å². The summed E-state index contributed by atoms with van der Waals surface area (Å²) in [7, 11) is -3.74. The van der Waals surface area contributed by atoms with Crippen LogP contribution in [0.3, 0.4) is 0 Å². The van der Waals surface area contributed by atoms with E-state index in [-0.39, 0.29) is 10.3 Å². The minimum absolute atomic E-state index is 0.158. The van der Waals surface area contributed by atoms with E-state index in [4.69, 9.17) is 0 Å². The highest BCUT2D eigenvalue weighted by Gasteiger charge is 2.33. The molecule has 0 aromatic heterocycles. The van der Waals surface area contributed by atoms with E-state index >= 15 is 0 Å². The second-order valence-electron chi connectivity index (χ2n) is 8.16. The van der Waals surface area contributed by atoms with Gasteiger partial charge in [-0.05, 0) is 57.2 Å². The van der Waals surface area contributed by atoms with Gasteiger partial charge in [-0.25, -0.2) is 8.42 Å². The second-order valence-corrected chi connectivity index (χ2v) is 10.4. The molecule has 0 bridgehead atoms. The fourth-order valence-corrected chi connectivity index (χ4v) is 3.71. The van der Waals surface area contributed by atoms with Crippen LogP contribution in [0, 0.1) is 6.92 Å². The van der Waals surface area contributed by atoms with E-state index in [2.05, 4.69) is 5.32 Å². The summed E-state index contributed by atoms with van der Waals surface area (Å²) in [5.41, 5.74) is 0.969. The Morgan fingerprint density at radius 2 is 1.61 bits per heavy atom. The highest BCUT2D eigenvalue weighted by Crippen LogP contribution is 2.28. The van der Waals surface area contributed by atoms with Crippen LogP contribution >= 0.6 is 0 Å². The van der Waals surface area contributed by atoms with Gasteiger partial charge >= 0.3 is 0 Å². The molecule has 0 aliphatic heterocycles. The summed E-state index contributed by atoms with van der Waals surface area (Å²) in [5, 5.41) is 1.61. The molecule has 130 valence electrons. The Kier molecular flexibility index (Phi) is 5.36. The van der Waals surface area contributed by atoms with Crippen LogP contribution in [0.5, 0.6) is 0 Å². The molecule has 4 nitrogen and oxygen atoms in total. The van der Waals surface area contributed by atoms with Gasteiger partial charge in [0.25, 0.3) is 0 Å². The summed E-state index contributed by atoms with van der Waals surface area (Å²) in [6, 6.07) is 5.45. The van der Waals surface area contributed by atoms with E-state index in [0.717, 1.165) is 5.56 Å². The maximum Gasteiger partial charge on any atom is 0.238 e.